The Labute approximate surface area is 155 Å². The van der Waals surface area contributed by atoms with Gasteiger partial charge in [0.1, 0.15) is 5.71 Å². The number of amides is 2. The van der Waals surface area contributed by atoms with Crippen molar-refractivity contribution in [1.82, 2.24) is 10.3 Å². The first-order valence-corrected chi connectivity index (χ1v) is 11.6. The van der Waals surface area contributed by atoms with Crippen LogP contribution in [-0.2, 0) is 19.4 Å². The number of sulfone groups is 1. The maximum absolute atomic E-state index is 12.6. The SMILES string of the molecule is CCCC1CCC(NC(=O)C2=NN([C@@H]3CCS(=O)(=O)C3)C(=O)CC2)CC1. The molecule has 1 atom stereocenters. The maximum atomic E-state index is 12.6. The van der Waals surface area contributed by atoms with Crippen molar-refractivity contribution in [2.45, 2.75) is 76.8 Å². The third-order valence-corrected chi connectivity index (χ3v) is 7.51. The first kappa shape index (κ1) is 19.3. The molecule has 2 heterocycles. The second kappa shape index (κ2) is 8.06. The highest BCUT2D eigenvalue weighted by molar-refractivity contribution is 7.91. The van der Waals surface area contributed by atoms with E-state index in [0.29, 0.717) is 18.6 Å². The molecule has 26 heavy (non-hydrogen) atoms. The molecule has 3 aliphatic rings. The Bertz CT molecular complexity index is 681. The van der Waals surface area contributed by atoms with Gasteiger partial charge in [-0.3, -0.25) is 9.59 Å². The van der Waals surface area contributed by atoms with Crippen molar-refractivity contribution in [3.63, 3.8) is 0 Å². The summed E-state index contributed by atoms with van der Waals surface area (Å²) in [6.45, 7) is 2.21. The zero-order chi connectivity index (χ0) is 18.7. The molecule has 1 saturated heterocycles. The van der Waals surface area contributed by atoms with E-state index < -0.39 is 15.9 Å². The standard InChI is InChI=1S/C18H29N3O4S/c1-2-3-13-4-6-14(7-5-13)19-18(23)16-8-9-17(22)21(20-16)15-10-11-26(24,25)12-15/h13-15H,2-12H2,1H3,(H,19,23)/t13?,14?,15-/m1/s1. The molecule has 0 aromatic carbocycles. The molecule has 0 radical (unpaired) electrons. The van der Waals surface area contributed by atoms with Crippen molar-refractivity contribution in [2.24, 2.45) is 11.0 Å². The van der Waals surface area contributed by atoms with Crippen LogP contribution in [0.2, 0.25) is 0 Å². The van der Waals surface area contributed by atoms with E-state index in [2.05, 4.69) is 17.3 Å². The molecule has 7 nitrogen and oxygen atoms in total. The van der Waals surface area contributed by atoms with Crippen LogP contribution in [0.5, 0.6) is 0 Å². The van der Waals surface area contributed by atoms with Crippen LogP contribution < -0.4 is 5.32 Å². The normalized spacial score (nSPS) is 31.6. The molecule has 2 fully saturated rings. The fourth-order valence-corrected chi connectivity index (χ4v) is 5.95. The van der Waals surface area contributed by atoms with Crippen LogP contribution >= 0.6 is 0 Å². The highest BCUT2D eigenvalue weighted by Crippen LogP contribution is 2.28. The summed E-state index contributed by atoms with van der Waals surface area (Å²) in [7, 11) is -3.10. The molecular weight excluding hydrogens is 354 g/mol. The first-order chi connectivity index (χ1) is 12.4. The molecule has 0 bridgehead atoms. The fraction of sp³-hybridized carbons (Fsp3) is 0.833. The van der Waals surface area contributed by atoms with Gasteiger partial charge in [-0.2, -0.15) is 5.10 Å². The Balaban J connectivity index is 1.58. The molecule has 2 amide bonds. The third kappa shape index (κ3) is 4.64. The van der Waals surface area contributed by atoms with Gasteiger partial charge < -0.3 is 5.32 Å². The lowest BCUT2D eigenvalue weighted by Gasteiger charge is -2.30. The summed E-state index contributed by atoms with van der Waals surface area (Å²) >= 11 is 0. The zero-order valence-corrected chi connectivity index (χ0v) is 16.3. The van der Waals surface area contributed by atoms with Crippen molar-refractivity contribution in [2.75, 3.05) is 11.5 Å². The maximum Gasteiger partial charge on any atom is 0.267 e. The molecule has 2 aliphatic heterocycles. The molecule has 0 spiro atoms. The van der Waals surface area contributed by atoms with Crippen molar-refractivity contribution in [1.29, 1.82) is 0 Å². The average molecular weight is 384 g/mol. The molecule has 0 aromatic heterocycles. The van der Waals surface area contributed by atoms with Gasteiger partial charge in [0.05, 0.1) is 17.5 Å². The molecule has 1 saturated carbocycles. The molecule has 1 aliphatic carbocycles. The Morgan fingerprint density at radius 2 is 1.92 bits per heavy atom. The highest BCUT2D eigenvalue weighted by atomic mass is 32.2. The van der Waals surface area contributed by atoms with Crippen LogP contribution in [-0.4, -0.2) is 54.5 Å². The van der Waals surface area contributed by atoms with Crippen LogP contribution in [0.3, 0.4) is 0 Å². The van der Waals surface area contributed by atoms with E-state index in [1.807, 2.05) is 0 Å². The lowest BCUT2D eigenvalue weighted by atomic mass is 9.83. The second-order valence-electron chi connectivity index (χ2n) is 7.82. The minimum absolute atomic E-state index is 0.0570. The Morgan fingerprint density at radius 1 is 1.19 bits per heavy atom. The summed E-state index contributed by atoms with van der Waals surface area (Å²) in [6, 6.07) is -0.253. The number of rotatable bonds is 5. The average Bonchev–Trinajstić information content (AvgIpc) is 2.97. The van der Waals surface area contributed by atoms with Gasteiger partial charge in [-0.1, -0.05) is 19.8 Å². The van der Waals surface area contributed by atoms with Crippen LogP contribution in [0, 0.1) is 5.92 Å². The summed E-state index contributed by atoms with van der Waals surface area (Å²) in [4.78, 5) is 24.7. The second-order valence-corrected chi connectivity index (χ2v) is 10.1. The van der Waals surface area contributed by atoms with Crippen LogP contribution in [0.1, 0.15) is 64.7 Å². The van der Waals surface area contributed by atoms with Gasteiger partial charge in [-0.15, -0.1) is 0 Å². The molecule has 8 heteroatoms. The van der Waals surface area contributed by atoms with Gasteiger partial charge in [0, 0.05) is 18.9 Å². The van der Waals surface area contributed by atoms with E-state index in [4.69, 9.17) is 0 Å². The van der Waals surface area contributed by atoms with E-state index in [0.717, 1.165) is 31.6 Å². The van der Waals surface area contributed by atoms with E-state index in [1.54, 1.807) is 0 Å². The van der Waals surface area contributed by atoms with Crippen LogP contribution in [0.15, 0.2) is 5.10 Å². The molecular formula is C18H29N3O4S. The Hall–Kier alpha value is -1.44. The first-order valence-electron chi connectivity index (χ1n) is 9.78. The number of nitrogens with one attached hydrogen (secondary N) is 1. The predicted molar refractivity (Wildman–Crippen MR) is 99.4 cm³/mol. The topological polar surface area (TPSA) is 95.9 Å². The lowest BCUT2D eigenvalue weighted by Crippen LogP contribution is -2.46. The monoisotopic (exact) mass is 383 g/mol. The smallest absolute Gasteiger partial charge is 0.267 e. The van der Waals surface area contributed by atoms with E-state index in [9.17, 15) is 18.0 Å². The summed E-state index contributed by atoms with van der Waals surface area (Å²) in [5.74, 6) is 0.404. The predicted octanol–water partition coefficient (Wildman–Crippen LogP) is 1.63. The Kier molecular flexibility index (Phi) is 5.99. The van der Waals surface area contributed by atoms with Crippen molar-refractivity contribution in [3.8, 4) is 0 Å². The van der Waals surface area contributed by atoms with Gasteiger partial charge in [-0.25, -0.2) is 13.4 Å². The molecule has 0 unspecified atom stereocenters. The highest BCUT2D eigenvalue weighted by Gasteiger charge is 2.37. The van der Waals surface area contributed by atoms with Gasteiger partial charge in [0.2, 0.25) is 5.91 Å². The minimum atomic E-state index is -3.10. The number of hydrazone groups is 1. The minimum Gasteiger partial charge on any atom is -0.348 e. The summed E-state index contributed by atoms with van der Waals surface area (Å²) < 4.78 is 23.4. The Morgan fingerprint density at radius 3 is 2.54 bits per heavy atom. The summed E-state index contributed by atoms with van der Waals surface area (Å²) in [5, 5.41) is 8.56. The van der Waals surface area contributed by atoms with Gasteiger partial charge in [-0.05, 0) is 38.0 Å². The van der Waals surface area contributed by atoms with Gasteiger partial charge in [0.25, 0.3) is 5.91 Å². The molecule has 0 aromatic rings. The summed E-state index contributed by atoms with van der Waals surface area (Å²) in [5.41, 5.74) is 0.351. The number of carbonyl (C=O) groups excluding carboxylic acids is 2. The van der Waals surface area contributed by atoms with Crippen molar-refractivity contribution < 1.29 is 18.0 Å². The number of nitrogens with zero attached hydrogens (tertiary/aromatic N) is 2. The van der Waals surface area contributed by atoms with E-state index in [-0.39, 0.29) is 35.8 Å². The van der Waals surface area contributed by atoms with E-state index >= 15 is 0 Å². The van der Waals surface area contributed by atoms with Crippen LogP contribution in [0.4, 0.5) is 0 Å². The summed E-state index contributed by atoms with van der Waals surface area (Å²) in [6.07, 6.45) is 7.69. The van der Waals surface area contributed by atoms with Gasteiger partial charge in [0.15, 0.2) is 9.84 Å². The van der Waals surface area contributed by atoms with Crippen molar-refractivity contribution in [3.05, 3.63) is 0 Å². The molecule has 3 rings (SSSR count). The third-order valence-electron chi connectivity index (χ3n) is 5.75. The van der Waals surface area contributed by atoms with Crippen molar-refractivity contribution >= 4 is 27.4 Å². The fourth-order valence-electron chi connectivity index (χ4n) is 4.26. The number of hydrogen-bond acceptors (Lipinski definition) is 5. The lowest BCUT2D eigenvalue weighted by molar-refractivity contribution is -0.133. The van der Waals surface area contributed by atoms with Gasteiger partial charge >= 0.3 is 0 Å². The molecule has 146 valence electrons. The largest absolute Gasteiger partial charge is 0.348 e. The zero-order valence-electron chi connectivity index (χ0n) is 15.4. The van der Waals surface area contributed by atoms with E-state index in [1.165, 1.54) is 17.9 Å². The number of carbonyl (C=O) groups is 2. The molecule has 1 N–H and O–H groups in total. The van der Waals surface area contributed by atoms with Crippen LogP contribution in [0.25, 0.3) is 0 Å². The quantitative estimate of drug-likeness (QED) is 0.780. The number of hydrogen-bond donors (Lipinski definition) is 1.